The highest BCUT2D eigenvalue weighted by Gasteiger charge is 2.35. The van der Waals surface area contributed by atoms with Crippen molar-refractivity contribution in [3.8, 4) is 0 Å². The Bertz CT molecular complexity index is 959. The number of halogens is 1. The number of para-hydroxylation sites is 1. The van der Waals surface area contributed by atoms with Gasteiger partial charge in [0, 0.05) is 18.7 Å². The number of benzene rings is 2. The highest BCUT2D eigenvalue weighted by molar-refractivity contribution is 7.92. The third-order valence-corrected chi connectivity index (χ3v) is 5.76. The zero-order chi connectivity index (χ0) is 18.9. The first kappa shape index (κ1) is 18.2. The summed E-state index contributed by atoms with van der Waals surface area (Å²) in [7, 11) is -3.85. The van der Waals surface area contributed by atoms with E-state index in [0.29, 0.717) is 5.69 Å². The molecule has 2 N–H and O–H groups in total. The van der Waals surface area contributed by atoms with Gasteiger partial charge in [-0.2, -0.15) is 0 Å². The highest BCUT2D eigenvalue weighted by atomic mass is 35.5. The van der Waals surface area contributed by atoms with Crippen LogP contribution in [0.1, 0.15) is 6.42 Å². The van der Waals surface area contributed by atoms with Crippen molar-refractivity contribution in [2.45, 2.75) is 11.3 Å². The molecule has 9 heteroatoms. The smallest absolute Gasteiger partial charge is 0.308 e. The molecule has 1 aliphatic rings. The Morgan fingerprint density at radius 2 is 1.81 bits per heavy atom. The summed E-state index contributed by atoms with van der Waals surface area (Å²) in [5, 5.41) is 9.31. The van der Waals surface area contributed by atoms with Gasteiger partial charge in [0.05, 0.1) is 21.5 Å². The number of carboxylic acid groups (broad SMARTS) is 1. The molecule has 1 fully saturated rings. The lowest BCUT2D eigenvalue weighted by atomic mass is 10.1. The molecule has 26 heavy (non-hydrogen) atoms. The van der Waals surface area contributed by atoms with E-state index in [2.05, 4.69) is 4.72 Å². The van der Waals surface area contributed by atoms with Gasteiger partial charge in [-0.3, -0.25) is 14.3 Å². The largest absolute Gasteiger partial charge is 0.481 e. The molecule has 0 saturated carbocycles. The van der Waals surface area contributed by atoms with E-state index < -0.39 is 21.9 Å². The lowest BCUT2D eigenvalue weighted by Crippen LogP contribution is -2.25. The molecule has 1 unspecified atom stereocenters. The summed E-state index contributed by atoms with van der Waals surface area (Å²) in [6.07, 6.45) is -0.0660. The number of anilines is 2. The van der Waals surface area contributed by atoms with Gasteiger partial charge in [-0.05, 0) is 36.4 Å². The normalized spacial score (nSPS) is 17.3. The maximum atomic E-state index is 12.5. The van der Waals surface area contributed by atoms with Gasteiger partial charge in [-0.25, -0.2) is 8.42 Å². The first-order valence-electron chi connectivity index (χ1n) is 7.68. The molecule has 0 spiro atoms. The second kappa shape index (κ2) is 6.97. The Hall–Kier alpha value is -2.58. The van der Waals surface area contributed by atoms with E-state index in [9.17, 15) is 18.0 Å². The number of hydrogen-bond donors (Lipinski definition) is 2. The van der Waals surface area contributed by atoms with Crippen LogP contribution in [-0.4, -0.2) is 31.9 Å². The van der Waals surface area contributed by atoms with Crippen molar-refractivity contribution in [3.63, 3.8) is 0 Å². The monoisotopic (exact) mass is 394 g/mol. The number of nitrogens with zero attached hydrogens (tertiary/aromatic N) is 1. The Labute approximate surface area is 155 Å². The van der Waals surface area contributed by atoms with Crippen molar-refractivity contribution in [3.05, 3.63) is 53.6 Å². The maximum Gasteiger partial charge on any atom is 0.308 e. The van der Waals surface area contributed by atoms with Crippen LogP contribution in [0.4, 0.5) is 11.4 Å². The molecule has 0 aliphatic carbocycles. The van der Waals surface area contributed by atoms with Gasteiger partial charge in [0.15, 0.2) is 0 Å². The van der Waals surface area contributed by atoms with Crippen molar-refractivity contribution < 1.29 is 23.1 Å². The Balaban J connectivity index is 1.80. The van der Waals surface area contributed by atoms with Crippen LogP contribution in [0.5, 0.6) is 0 Å². The number of amides is 1. The maximum absolute atomic E-state index is 12.5. The number of sulfonamides is 1. The van der Waals surface area contributed by atoms with Crippen molar-refractivity contribution in [2.75, 3.05) is 16.2 Å². The third-order valence-electron chi connectivity index (χ3n) is 4.05. The first-order valence-corrected chi connectivity index (χ1v) is 9.54. The van der Waals surface area contributed by atoms with Crippen molar-refractivity contribution in [1.29, 1.82) is 0 Å². The van der Waals surface area contributed by atoms with Crippen LogP contribution < -0.4 is 9.62 Å². The van der Waals surface area contributed by atoms with Gasteiger partial charge in [-0.1, -0.05) is 23.7 Å². The Kier molecular flexibility index (Phi) is 4.88. The average Bonchev–Trinajstić information content (AvgIpc) is 2.99. The number of aliphatic carboxylic acids is 1. The van der Waals surface area contributed by atoms with Crippen molar-refractivity contribution in [2.24, 2.45) is 5.92 Å². The number of hydrogen-bond acceptors (Lipinski definition) is 4. The van der Waals surface area contributed by atoms with E-state index in [1.165, 1.54) is 29.2 Å². The quantitative estimate of drug-likeness (QED) is 0.811. The van der Waals surface area contributed by atoms with Crippen molar-refractivity contribution in [1.82, 2.24) is 0 Å². The molecule has 1 amide bonds. The second-order valence-electron chi connectivity index (χ2n) is 5.82. The fourth-order valence-corrected chi connectivity index (χ4v) is 3.99. The number of nitrogens with one attached hydrogen (secondary N) is 1. The minimum atomic E-state index is -3.85. The second-order valence-corrected chi connectivity index (χ2v) is 7.91. The molecule has 0 bridgehead atoms. The zero-order valence-electron chi connectivity index (χ0n) is 13.4. The highest BCUT2D eigenvalue weighted by Crippen LogP contribution is 2.28. The van der Waals surface area contributed by atoms with E-state index in [0.717, 1.165) is 0 Å². The van der Waals surface area contributed by atoms with Gasteiger partial charge in [0.2, 0.25) is 5.91 Å². The molecule has 1 atom stereocenters. The summed E-state index contributed by atoms with van der Waals surface area (Å²) in [6, 6.07) is 12.1. The standard InChI is InChI=1S/C17H15ClN2O5S/c18-14-3-1-2-4-15(14)19-26(24,25)13-7-5-12(6-8-13)20-10-11(17(22)23)9-16(20)21/h1-8,11,19H,9-10H2,(H,22,23). The molecule has 1 saturated heterocycles. The van der Waals surface area contributed by atoms with E-state index in [4.69, 9.17) is 16.7 Å². The summed E-state index contributed by atoms with van der Waals surface area (Å²) in [6.45, 7) is 0.0676. The number of carbonyl (C=O) groups excluding carboxylic acids is 1. The van der Waals surface area contributed by atoms with Crippen LogP contribution in [0.15, 0.2) is 53.4 Å². The van der Waals surface area contributed by atoms with E-state index >= 15 is 0 Å². The van der Waals surface area contributed by atoms with Gasteiger partial charge >= 0.3 is 5.97 Å². The summed E-state index contributed by atoms with van der Waals surface area (Å²) in [5.74, 6) is -2.08. The average molecular weight is 395 g/mol. The molecule has 1 aliphatic heterocycles. The lowest BCUT2D eigenvalue weighted by Gasteiger charge is -2.17. The molecular weight excluding hydrogens is 380 g/mol. The molecule has 1 heterocycles. The molecule has 0 radical (unpaired) electrons. The number of rotatable bonds is 5. The minimum Gasteiger partial charge on any atom is -0.481 e. The summed E-state index contributed by atoms with van der Waals surface area (Å²) in [4.78, 5) is 24.3. The fraction of sp³-hybridized carbons (Fsp3) is 0.176. The topological polar surface area (TPSA) is 104 Å². The fourth-order valence-electron chi connectivity index (χ4n) is 2.68. The van der Waals surface area contributed by atoms with Crippen LogP contribution in [0.25, 0.3) is 0 Å². The summed E-state index contributed by atoms with van der Waals surface area (Å²) < 4.78 is 27.3. The summed E-state index contributed by atoms with van der Waals surface area (Å²) >= 11 is 5.97. The number of carbonyl (C=O) groups is 2. The minimum absolute atomic E-state index is 0.00241. The van der Waals surface area contributed by atoms with Crippen LogP contribution in [0, 0.1) is 5.92 Å². The summed E-state index contributed by atoms with van der Waals surface area (Å²) in [5.41, 5.74) is 0.715. The van der Waals surface area contributed by atoms with Crippen LogP contribution in [0.2, 0.25) is 5.02 Å². The van der Waals surface area contributed by atoms with E-state index in [-0.39, 0.29) is 34.5 Å². The molecule has 7 nitrogen and oxygen atoms in total. The van der Waals surface area contributed by atoms with Gasteiger partial charge in [0.1, 0.15) is 0 Å². The van der Waals surface area contributed by atoms with Crippen LogP contribution in [-0.2, 0) is 19.6 Å². The SMILES string of the molecule is O=C(O)C1CC(=O)N(c2ccc(S(=O)(=O)Nc3ccccc3Cl)cc2)C1. The predicted molar refractivity (Wildman–Crippen MR) is 96.8 cm³/mol. The molecule has 2 aromatic carbocycles. The first-order chi connectivity index (χ1) is 12.3. The molecular formula is C17H15ClN2O5S. The third kappa shape index (κ3) is 3.66. The van der Waals surface area contributed by atoms with E-state index in [1.54, 1.807) is 24.3 Å². The molecule has 2 aromatic rings. The Morgan fingerprint density at radius 3 is 2.38 bits per heavy atom. The van der Waals surface area contributed by atoms with Crippen molar-refractivity contribution >= 4 is 44.9 Å². The molecule has 3 rings (SSSR count). The van der Waals surface area contributed by atoms with Gasteiger partial charge in [-0.15, -0.1) is 0 Å². The lowest BCUT2D eigenvalue weighted by molar-refractivity contribution is -0.141. The van der Waals surface area contributed by atoms with E-state index in [1.807, 2.05) is 0 Å². The molecule has 0 aromatic heterocycles. The molecule has 136 valence electrons. The van der Waals surface area contributed by atoms with Crippen LogP contribution >= 0.6 is 11.6 Å². The zero-order valence-corrected chi connectivity index (χ0v) is 15.0. The van der Waals surface area contributed by atoms with Gasteiger partial charge < -0.3 is 10.0 Å². The number of carboxylic acids is 1. The Morgan fingerprint density at radius 1 is 1.15 bits per heavy atom. The van der Waals surface area contributed by atoms with Gasteiger partial charge in [0.25, 0.3) is 10.0 Å². The van der Waals surface area contributed by atoms with Crippen LogP contribution in [0.3, 0.4) is 0 Å². The predicted octanol–water partition coefficient (Wildman–Crippen LogP) is 2.58.